The van der Waals surface area contributed by atoms with Gasteiger partial charge in [0.15, 0.2) is 23.0 Å². The number of amides is 2. The van der Waals surface area contributed by atoms with Gasteiger partial charge in [0.05, 0.1) is 41.3 Å². The number of carbonyl (C=O) groups is 2. The molecule has 0 aliphatic carbocycles. The fourth-order valence-corrected chi connectivity index (χ4v) is 4.75. The highest BCUT2D eigenvalue weighted by Gasteiger charge is 2.09. The van der Waals surface area contributed by atoms with Gasteiger partial charge in [-0.05, 0) is 83.6 Å². The number of carbonyl (C=O) groups excluding carboxylic acids is 2. The Morgan fingerprint density at radius 2 is 0.844 bits per heavy atom. The molecule has 45 heavy (non-hydrogen) atoms. The van der Waals surface area contributed by atoms with Crippen molar-refractivity contribution in [2.24, 2.45) is 0 Å². The first-order valence-corrected chi connectivity index (χ1v) is 14.7. The lowest BCUT2D eigenvalue weighted by molar-refractivity contribution is -0.121. The largest absolute Gasteiger partial charge is 0.493 e. The van der Waals surface area contributed by atoms with E-state index in [2.05, 4.69) is 10.6 Å². The predicted molar refractivity (Wildman–Crippen MR) is 173 cm³/mol. The highest BCUT2D eigenvalue weighted by atomic mass is 16.5. The second-order valence-electron chi connectivity index (χ2n) is 10.3. The maximum absolute atomic E-state index is 12.5. The Balaban J connectivity index is 1.17. The number of hydrogen-bond acceptors (Lipinski definition) is 7. The molecule has 236 valence electrons. The minimum Gasteiger partial charge on any atom is -0.493 e. The van der Waals surface area contributed by atoms with Gasteiger partial charge in [-0.1, -0.05) is 36.4 Å². The topological polar surface area (TPSA) is 104 Å². The van der Waals surface area contributed by atoms with Gasteiger partial charge in [-0.25, -0.2) is 0 Å². The summed E-state index contributed by atoms with van der Waals surface area (Å²) in [6.45, 7) is 1.04. The number of rotatable bonds is 16. The van der Waals surface area contributed by atoms with E-state index in [1.807, 2.05) is 84.9 Å². The number of hydrogen-bond donors (Lipinski definition) is 2. The van der Waals surface area contributed by atoms with E-state index in [-0.39, 0.29) is 24.7 Å². The van der Waals surface area contributed by atoms with Crippen LogP contribution in [0.3, 0.4) is 0 Å². The first-order chi connectivity index (χ1) is 21.9. The molecule has 0 bridgehead atoms. The zero-order chi connectivity index (χ0) is 32.0. The van der Waals surface area contributed by atoms with Gasteiger partial charge in [-0.15, -0.1) is 0 Å². The smallest absolute Gasteiger partial charge is 0.224 e. The molecule has 0 aromatic heterocycles. The molecule has 0 saturated heterocycles. The van der Waals surface area contributed by atoms with Gasteiger partial charge >= 0.3 is 0 Å². The summed E-state index contributed by atoms with van der Waals surface area (Å²) in [6.07, 6.45) is 1.92. The second-order valence-corrected chi connectivity index (χ2v) is 10.3. The van der Waals surface area contributed by atoms with Crippen LogP contribution in [-0.4, -0.2) is 53.3 Å². The monoisotopic (exact) mass is 612 g/mol. The van der Waals surface area contributed by atoms with Crippen molar-refractivity contribution in [3.05, 3.63) is 107 Å². The standard InChI is InChI=1S/C36H40N2O7/c1-41-31-15-9-27(21-33(31)43-3)17-19-37-35(39)23-25-5-11-29(12-6-25)45-30-13-7-26(8-14-30)24-36(40)38-20-18-28-10-16-32(42-2)34(22-28)44-4/h5-16,21-22H,17-20,23-24H2,1-4H3,(H,37,39)(H,38,40). The van der Waals surface area contributed by atoms with Crippen molar-refractivity contribution in [2.75, 3.05) is 41.5 Å². The van der Waals surface area contributed by atoms with E-state index in [1.165, 1.54) is 0 Å². The summed E-state index contributed by atoms with van der Waals surface area (Å²) in [5.74, 6) is 3.91. The molecule has 2 N–H and O–H groups in total. The van der Waals surface area contributed by atoms with Gasteiger partial charge in [-0.3, -0.25) is 9.59 Å². The molecular formula is C36H40N2O7. The molecule has 9 nitrogen and oxygen atoms in total. The van der Waals surface area contributed by atoms with Gasteiger partial charge in [-0.2, -0.15) is 0 Å². The lowest BCUT2D eigenvalue weighted by atomic mass is 10.1. The minimum absolute atomic E-state index is 0.0512. The maximum Gasteiger partial charge on any atom is 0.224 e. The van der Waals surface area contributed by atoms with Gasteiger partial charge < -0.3 is 34.3 Å². The van der Waals surface area contributed by atoms with E-state index in [4.69, 9.17) is 23.7 Å². The molecular weight excluding hydrogens is 572 g/mol. The first-order valence-electron chi connectivity index (χ1n) is 14.7. The molecule has 0 radical (unpaired) electrons. The number of nitrogens with one attached hydrogen (secondary N) is 2. The van der Waals surface area contributed by atoms with Crippen LogP contribution in [0.25, 0.3) is 0 Å². The average molecular weight is 613 g/mol. The molecule has 0 fully saturated rings. The second kappa shape index (κ2) is 16.6. The van der Waals surface area contributed by atoms with E-state index < -0.39 is 0 Å². The normalized spacial score (nSPS) is 10.5. The van der Waals surface area contributed by atoms with Crippen molar-refractivity contribution >= 4 is 11.8 Å². The fourth-order valence-electron chi connectivity index (χ4n) is 4.75. The summed E-state index contributed by atoms with van der Waals surface area (Å²) < 4.78 is 27.2. The highest BCUT2D eigenvalue weighted by Crippen LogP contribution is 2.28. The molecule has 0 atom stereocenters. The quantitative estimate of drug-likeness (QED) is 0.177. The summed E-state index contributed by atoms with van der Waals surface area (Å²) >= 11 is 0. The Labute approximate surface area is 264 Å². The van der Waals surface area contributed by atoms with E-state index >= 15 is 0 Å². The van der Waals surface area contributed by atoms with Crippen LogP contribution in [0.5, 0.6) is 34.5 Å². The first kappa shape index (κ1) is 32.7. The lowest BCUT2D eigenvalue weighted by Crippen LogP contribution is -2.27. The molecule has 0 aliphatic rings. The van der Waals surface area contributed by atoms with Crippen LogP contribution >= 0.6 is 0 Å². The summed E-state index contributed by atoms with van der Waals surface area (Å²) in [4.78, 5) is 24.9. The molecule has 0 saturated carbocycles. The third-order valence-electron chi connectivity index (χ3n) is 7.18. The van der Waals surface area contributed by atoms with Gasteiger partial charge in [0, 0.05) is 13.1 Å². The average Bonchev–Trinajstić information content (AvgIpc) is 3.06. The highest BCUT2D eigenvalue weighted by molar-refractivity contribution is 5.79. The van der Waals surface area contributed by atoms with Crippen LogP contribution in [-0.2, 0) is 35.3 Å². The molecule has 0 heterocycles. The van der Waals surface area contributed by atoms with Crippen LogP contribution in [0.1, 0.15) is 22.3 Å². The molecule has 0 spiro atoms. The van der Waals surface area contributed by atoms with Crippen molar-refractivity contribution in [2.45, 2.75) is 25.7 Å². The third kappa shape index (κ3) is 9.92. The summed E-state index contributed by atoms with van der Waals surface area (Å²) in [5.41, 5.74) is 3.87. The Kier molecular flexibility index (Phi) is 12.1. The Bertz CT molecular complexity index is 1440. The predicted octanol–water partition coefficient (Wildman–Crippen LogP) is 5.32. The van der Waals surface area contributed by atoms with E-state index in [1.54, 1.807) is 28.4 Å². The summed E-state index contributed by atoms with van der Waals surface area (Å²) in [5, 5.41) is 5.93. The van der Waals surface area contributed by atoms with E-state index in [0.717, 1.165) is 22.3 Å². The van der Waals surface area contributed by atoms with Crippen LogP contribution in [0, 0.1) is 0 Å². The van der Waals surface area contributed by atoms with Crippen molar-refractivity contribution in [3.8, 4) is 34.5 Å². The van der Waals surface area contributed by atoms with E-state index in [9.17, 15) is 9.59 Å². The lowest BCUT2D eigenvalue weighted by Gasteiger charge is -2.11. The van der Waals surface area contributed by atoms with Gasteiger partial charge in [0.1, 0.15) is 11.5 Å². The van der Waals surface area contributed by atoms with Crippen LogP contribution in [0.15, 0.2) is 84.9 Å². The molecule has 0 unspecified atom stereocenters. The molecule has 2 amide bonds. The molecule has 4 rings (SSSR count). The molecule has 9 heteroatoms. The van der Waals surface area contributed by atoms with Crippen LogP contribution in [0.4, 0.5) is 0 Å². The van der Waals surface area contributed by atoms with E-state index in [0.29, 0.717) is 60.4 Å². The fraction of sp³-hybridized carbons (Fsp3) is 0.278. The third-order valence-corrected chi connectivity index (χ3v) is 7.18. The summed E-state index contributed by atoms with van der Waals surface area (Å²) in [7, 11) is 6.41. The van der Waals surface area contributed by atoms with Crippen molar-refractivity contribution in [1.29, 1.82) is 0 Å². The van der Waals surface area contributed by atoms with Crippen molar-refractivity contribution in [1.82, 2.24) is 10.6 Å². The zero-order valence-electron chi connectivity index (χ0n) is 26.2. The van der Waals surface area contributed by atoms with Gasteiger partial charge in [0.2, 0.25) is 11.8 Å². The Morgan fingerprint density at radius 3 is 1.20 bits per heavy atom. The Morgan fingerprint density at radius 1 is 0.489 bits per heavy atom. The number of benzene rings is 4. The molecule has 0 aliphatic heterocycles. The number of methoxy groups -OCH3 is 4. The maximum atomic E-state index is 12.5. The summed E-state index contributed by atoms with van der Waals surface area (Å²) in [6, 6.07) is 26.3. The molecule has 4 aromatic carbocycles. The van der Waals surface area contributed by atoms with Crippen LogP contribution in [0.2, 0.25) is 0 Å². The van der Waals surface area contributed by atoms with Gasteiger partial charge in [0.25, 0.3) is 0 Å². The zero-order valence-corrected chi connectivity index (χ0v) is 26.2. The SMILES string of the molecule is COc1ccc(CCNC(=O)Cc2ccc(Oc3ccc(CC(=O)NCCc4ccc(OC)c(OC)c4)cc3)cc2)cc1OC. The molecule has 4 aromatic rings. The minimum atomic E-state index is -0.0512. The van der Waals surface area contributed by atoms with Crippen LogP contribution < -0.4 is 34.3 Å². The van der Waals surface area contributed by atoms with Crippen molar-refractivity contribution < 1.29 is 33.3 Å². The van der Waals surface area contributed by atoms with Crippen molar-refractivity contribution in [3.63, 3.8) is 0 Å². The number of ether oxygens (including phenoxy) is 5. The Hall–Kier alpha value is -5.18.